The Balaban J connectivity index is 3.28. The van der Waals surface area contributed by atoms with E-state index < -0.39 is 60.2 Å². The van der Waals surface area contributed by atoms with Crippen molar-refractivity contribution in [2.24, 2.45) is 5.11 Å². The predicted molar refractivity (Wildman–Crippen MR) is 77.4 cm³/mol. The molecule has 0 unspecified atom stereocenters. The molecule has 1 aliphatic rings. The van der Waals surface area contributed by atoms with E-state index in [-0.39, 0.29) is 0 Å². The first kappa shape index (κ1) is 20.9. The third-order valence-corrected chi connectivity index (χ3v) is 3.04. The summed E-state index contributed by atoms with van der Waals surface area (Å²) in [7, 11) is 0. The van der Waals surface area contributed by atoms with Crippen LogP contribution in [0.3, 0.4) is 0 Å². The lowest BCUT2D eigenvalue weighted by Crippen LogP contribution is -2.61. The number of carbonyl (C=O) groups excluding carboxylic acids is 3. The number of hydrogen-bond donors (Lipinski definition) is 0. The van der Waals surface area contributed by atoms with Crippen molar-refractivity contribution in [1.82, 2.24) is 0 Å². The van der Waals surface area contributed by atoms with Crippen LogP contribution in [-0.4, -0.2) is 60.2 Å². The molecule has 0 amide bonds. The number of nitrogens with zero attached hydrogens (tertiary/aromatic N) is 4. The van der Waals surface area contributed by atoms with Crippen LogP contribution in [-0.2, 0) is 38.2 Å². The Morgan fingerprint density at radius 2 is 1.73 bits per heavy atom. The van der Waals surface area contributed by atoms with Gasteiger partial charge in [-0.3, -0.25) is 19.2 Å². The molecule has 0 aliphatic carbocycles. The smallest absolute Gasteiger partial charge is 0.303 e. The summed E-state index contributed by atoms with van der Waals surface area (Å²) >= 11 is 0. The molecule has 1 heterocycles. The molecule has 0 aromatic heterocycles. The fraction of sp³-hybridized carbons (Fsp3) is 0.750. The van der Waals surface area contributed by atoms with Crippen LogP contribution in [0, 0.1) is 10.1 Å². The number of hydrogen-bond acceptors (Lipinski definition) is 11. The lowest BCUT2D eigenvalue weighted by atomic mass is 9.97. The summed E-state index contributed by atoms with van der Waals surface area (Å²) in [5.41, 5.74) is 8.69. The van der Waals surface area contributed by atoms with Crippen molar-refractivity contribution < 1.29 is 43.3 Å². The normalized spacial score (nSPS) is 27.4. The lowest BCUT2D eigenvalue weighted by molar-refractivity contribution is -0.783. The summed E-state index contributed by atoms with van der Waals surface area (Å²) < 4.78 is 20.1. The van der Waals surface area contributed by atoms with Gasteiger partial charge in [0.05, 0.1) is 0 Å². The van der Waals surface area contributed by atoms with Crippen LogP contribution in [0.2, 0.25) is 0 Å². The van der Waals surface area contributed by atoms with E-state index in [0.717, 1.165) is 20.8 Å². The Labute approximate surface area is 146 Å². The van der Waals surface area contributed by atoms with Gasteiger partial charge in [-0.05, 0) is 5.53 Å². The topological polar surface area (TPSA) is 189 Å². The van der Waals surface area contributed by atoms with Crippen molar-refractivity contribution in [1.29, 1.82) is 0 Å². The quantitative estimate of drug-likeness (QED) is 0.111. The van der Waals surface area contributed by atoms with Gasteiger partial charge in [0.15, 0.2) is 12.2 Å². The van der Waals surface area contributed by atoms with Gasteiger partial charge in [-0.15, -0.1) is 10.1 Å². The van der Waals surface area contributed by atoms with Crippen LogP contribution >= 0.6 is 0 Å². The van der Waals surface area contributed by atoms with E-state index in [1.807, 2.05) is 0 Å². The van der Waals surface area contributed by atoms with Crippen LogP contribution < -0.4 is 0 Å². The largest absolute Gasteiger partial charge is 0.463 e. The molecule has 0 N–H and O–H groups in total. The predicted octanol–water partition coefficient (Wildman–Crippen LogP) is 0.0250. The van der Waals surface area contributed by atoms with Crippen LogP contribution in [0.1, 0.15) is 20.8 Å². The highest BCUT2D eigenvalue weighted by Gasteiger charge is 2.51. The number of esters is 3. The van der Waals surface area contributed by atoms with E-state index in [0.29, 0.717) is 0 Å². The van der Waals surface area contributed by atoms with Gasteiger partial charge >= 0.3 is 17.9 Å². The zero-order valence-electron chi connectivity index (χ0n) is 14.0. The molecule has 1 aliphatic heterocycles. The Morgan fingerprint density at radius 3 is 2.19 bits per heavy atom. The van der Waals surface area contributed by atoms with Crippen molar-refractivity contribution in [3.8, 4) is 0 Å². The fourth-order valence-electron chi connectivity index (χ4n) is 2.24. The van der Waals surface area contributed by atoms with E-state index in [4.69, 9.17) is 24.5 Å². The molecule has 0 radical (unpaired) electrons. The summed E-state index contributed by atoms with van der Waals surface area (Å²) in [5.74, 6) is -2.36. The summed E-state index contributed by atoms with van der Waals surface area (Å²) in [6, 6.07) is -1.55. The van der Waals surface area contributed by atoms with Gasteiger partial charge in [0.25, 0.3) is 5.09 Å². The minimum atomic E-state index is -1.79. The molecule has 1 saturated heterocycles. The van der Waals surface area contributed by atoms with Crippen molar-refractivity contribution >= 4 is 17.9 Å². The molecule has 1 rings (SSSR count). The molecule has 144 valence electrons. The van der Waals surface area contributed by atoms with E-state index in [2.05, 4.69) is 14.9 Å². The lowest BCUT2D eigenvalue weighted by Gasteiger charge is -2.42. The third kappa shape index (κ3) is 6.07. The van der Waals surface area contributed by atoms with Crippen molar-refractivity contribution in [3.05, 3.63) is 20.6 Å². The number of carbonyl (C=O) groups is 3. The third-order valence-electron chi connectivity index (χ3n) is 3.04. The summed E-state index contributed by atoms with van der Waals surface area (Å²) in [6.07, 6.45) is -5.94. The number of azide groups is 1. The average Bonchev–Trinajstić information content (AvgIpc) is 2.49. The minimum absolute atomic E-state index is 0.494. The molecule has 26 heavy (non-hydrogen) atoms. The van der Waals surface area contributed by atoms with Crippen LogP contribution in [0.5, 0.6) is 0 Å². The molecule has 0 aromatic rings. The highest BCUT2D eigenvalue weighted by molar-refractivity contribution is 5.68. The van der Waals surface area contributed by atoms with E-state index in [1.54, 1.807) is 0 Å². The van der Waals surface area contributed by atoms with E-state index >= 15 is 0 Å². The van der Waals surface area contributed by atoms with E-state index in [9.17, 15) is 24.5 Å². The van der Waals surface area contributed by atoms with Gasteiger partial charge in [-0.1, -0.05) is 5.11 Å². The Hall–Kier alpha value is -3.12. The van der Waals surface area contributed by atoms with Crippen LogP contribution in [0.15, 0.2) is 5.11 Å². The average molecular weight is 376 g/mol. The second-order valence-electron chi connectivity index (χ2n) is 5.02. The fourth-order valence-corrected chi connectivity index (χ4v) is 2.24. The minimum Gasteiger partial charge on any atom is -0.463 e. The van der Waals surface area contributed by atoms with Crippen LogP contribution in [0.4, 0.5) is 0 Å². The van der Waals surface area contributed by atoms with Gasteiger partial charge in [0, 0.05) is 25.7 Å². The second-order valence-corrected chi connectivity index (χ2v) is 5.02. The van der Waals surface area contributed by atoms with Gasteiger partial charge < -0.3 is 18.9 Å². The Kier molecular flexibility index (Phi) is 7.55. The van der Waals surface area contributed by atoms with Crippen molar-refractivity contribution in [2.45, 2.75) is 51.4 Å². The second kappa shape index (κ2) is 9.39. The van der Waals surface area contributed by atoms with Gasteiger partial charge in [-0.25, -0.2) is 0 Å². The first-order valence-electron chi connectivity index (χ1n) is 7.14. The molecule has 5 atom stereocenters. The SMILES string of the molecule is CC(=O)OC[C@H]1O[C@H](O[N+](=O)[O-])[C@H](N=[N+]=[N-])[C@@H](OC(C)=O)[C@@H]1OC(C)=O. The molecule has 14 nitrogen and oxygen atoms in total. The van der Waals surface area contributed by atoms with Crippen molar-refractivity contribution in [2.75, 3.05) is 6.61 Å². The molecule has 14 heteroatoms. The molecule has 1 fully saturated rings. The molecule has 0 saturated carbocycles. The van der Waals surface area contributed by atoms with E-state index in [1.165, 1.54) is 0 Å². The number of rotatable bonds is 7. The highest BCUT2D eigenvalue weighted by Crippen LogP contribution is 2.29. The summed E-state index contributed by atoms with van der Waals surface area (Å²) in [6.45, 7) is 2.68. The van der Waals surface area contributed by atoms with Gasteiger partial charge in [0.1, 0.15) is 18.8 Å². The maximum Gasteiger partial charge on any atom is 0.303 e. The first-order chi connectivity index (χ1) is 12.1. The zero-order chi connectivity index (χ0) is 19.9. The Bertz CT molecular complexity index is 619. The van der Waals surface area contributed by atoms with Crippen molar-refractivity contribution in [3.63, 3.8) is 0 Å². The van der Waals surface area contributed by atoms with Crippen LogP contribution in [0.25, 0.3) is 10.4 Å². The summed E-state index contributed by atoms with van der Waals surface area (Å²) in [5, 5.41) is 12.8. The maximum atomic E-state index is 11.4. The number of ether oxygens (including phenoxy) is 4. The highest BCUT2D eigenvalue weighted by atomic mass is 17.0. The maximum absolute atomic E-state index is 11.4. The monoisotopic (exact) mass is 376 g/mol. The Morgan fingerprint density at radius 1 is 1.15 bits per heavy atom. The summed E-state index contributed by atoms with van der Waals surface area (Å²) in [4.78, 5) is 51.3. The molecule has 0 bridgehead atoms. The molecule has 0 spiro atoms. The van der Waals surface area contributed by atoms with Gasteiger partial charge in [0.2, 0.25) is 6.29 Å². The first-order valence-corrected chi connectivity index (χ1v) is 7.14. The molecular weight excluding hydrogens is 360 g/mol. The molecular formula is C12H16N4O10. The zero-order valence-corrected chi connectivity index (χ0v) is 14.0. The van der Waals surface area contributed by atoms with Gasteiger partial charge in [-0.2, -0.15) is 0 Å². The molecule has 0 aromatic carbocycles. The standard InChI is InChI=1S/C12H16N4O10/c1-5(17)22-4-8-10(23-6(2)18)11(24-7(3)19)9(14-15-13)12(25-8)26-16(20)21/h8-12H,4H2,1-3H3/t8-,9-,10-,11-,12-/m1/s1.